The summed E-state index contributed by atoms with van der Waals surface area (Å²) in [6.07, 6.45) is 1.88. The van der Waals surface area contributed by atoms with Crippen LogP contribution in [-0.2, 0) is 13.6 Å². The zero-order chi connectivity index (χ0) is 20.8. The summed E-state index contributed by atoms with van der Waals surface area (Å²) in [6.45, 7) is 3.07. The highest BCUT2D eigenvalue weighted by atomic mass is 32.1. The Morgan fingerprint density at radius 3 is 2.90 bits per heavy atom. The Morgan fingerprint density at radius 2 is 2.13 bits per heavy atom. The number of rotatable bonds is 3. The summed E-state index contributed by atoms with van der Waals surface area (Å²) in [4.78, 5) is 16.3. The lowest BCUT2D eigenvalue weighted by atomic mass is 9.91. The molecule has 1 atom stereocenters. The van der Waals surface area contributed by atoms with E-state index in [2.05, 4.69) is 21.7 Å². The van der Waals surface area contributed by atoms with Gasteiger partial charge in [0, 0.05) is 48.3 Å². The smallest absolute Gasteiger partial charge is 0.276 e. The molecule has 4 aromatic rings. The van der Waals surface area contributed by atoms with Gasteiger partial charge in [0.1, 0.15) is 5.82 Å². The van der Waals surface area contributed by atoms with Crippen LogP contribution < -0.4 is 0 Å². The Hall–Kier alpha value is -3.26. The molecule has 0 saturated carbocycles. The van der Waals surface area contributed by atoms with Gasteiger partial charge in [-0.15, -0.1) is 11.3 Å². The van der Waals surface area contributed by atoms with E-state index in [-0.39, 0.29) is 28.8 Å². The van der Waals surface area contributed by atoms with Crippen molar-refractivity contribution in [2.24, 2.45) is 7.05 Å². The molecule has 0 aliphatic carbocycles. The third-order valence-corrected chi connectivity index (χ3v) is 6.74. The third kappa shape index (κ3) is 3.04. The minimum atomic E-state index is -0.416. The predicted octanol–water partition coefficient (Wildman–Crippen LogP) is 4.37. The minimum Gasteiger partial charge on any atom is -0.355 e. The number of nitrogens with zero attached hydrogens (tertiary/aromatic N) is 4. The van der Waals surface area contributed by atoms with Crippen LogP contribution in [0.2, 0.25) is 0 Å². The first-order valence-electron chi connectivity index (χ1n) is 9.58. The molecule has 8 heteroatoms. The fourth-order valence-electron chi connectivity index (χ4n) is 3.94. The lowest BCUT2D eigenvalue weighted by molar-refractivity contribution is 0.0716. The summed E-state index contributed by atoms with van der Waals surface area (Å²) in [6, 6.07) is 9.84. The van der Waals surface area contributed by atoms with Crippen molar-refractivity contribution in [1.29, 1.82) is 0 Å². The Bertz CT molecular complexity index is 1240. The van der Waals surface area contributed by atoms with Crippen LogP contribution in [0.3, 0.4) is 0 Å². The normalized spacial score (nSPS) is 16.0. The molecule has 1 unspecified atom stereocenters. The van der Waals surface area contributed by atoms with Crippen LogP contribution in [0, 0.1) is 12.7 Å². The molecule has 3 aromatic heterocycles. The highest BCUT2D eigenvalue weighted by molar-refractivity contribution is 7.10. The summed E-state index contributed by atoms with van der Waals surface area (Å²) in [5, 5.41) is 10.4. The zero-order valence-corrected chi connectivity index (χ0v) is 17.3. The van der Waals surface area contributed by atoms with Gasteiger partial charge in [0.25, 0.3) is 5.91 Å². The van der Waals surface area contributed by atoms with Gasteiger partial charge in [-0.2, -0.15) is 5.10 Å². The average molecular weight is 422 g/mol. The molecule has 30 heavy (non-hydrogen) atoms. The van der Waals surface area contributed by atoms with Gasteiger partial charge in [0.05, 0.1) is 11.8 Å². The number of aromatic nitrogens is 3. The van der Waals surface area contributed by atoms with E-state index in [4.69, 9.17) is 4.52 Å². The highest BCUT2D eigenvalue weighted by Gasteiger charge is 2.33. The topological polar surface area (TPSA) is 64.2 Å². The maximum Gasteiger partial charge on any atom is 0.276 e. The van der Waals surface area contributed by atoms with E-state index in [1.807, 2.05) is 24.9 Å². The van der Waals surface area contributed by atoms with Crippen molar-refractivity contribution >= 4 is 17.2 Å². The number of amides is 1. The fourth-order valence-corrected chi connectivity index (χ4v) is 4.96. The van der Waals surface area contributed by atoms with E-state index in [9.17, 15) is 9.18 Å². The number of hydrogen-bond acceptors (Lipinski definition) is 5. The number of hydrogen-bond donors (Lipinski definition) is 0. The molecule has 4 heterocycles. The molecule has 6 nitrogen and oxygen atoms in total. The maximum atomic E-state index is 14.1. The Balaban J connectivity index is 1.46. The third-order valence-electron chi connectivity index (χ3n) is 5.67. The summed E-state index contributed by atoms with van der Waals surface area (Å²) >= 11 is 1.71. The van der Waals surface area contributed by atoms with E-state index in [1.165, 1.54) is 17.0 Å². The highest BCUT2D eigenvalue weighted by Crippen LogP contribution is 2.38. The maximum absolute atomic E-state index is 14.1. The number of aryl methyl sites for hydroxylation is 1. The summed E-state index contributed by atoms with van der Waals surface area (Å²) in [7, 11) is 1.92. The number of benzene rings is 1. The second kappa shape index (κ2) is 7.21. The van der Waals surface area contributed by atoms with Crippen molar-refractivity contribution in [3.8, 4) is 11.3 Å². The Morgan fingerprint density at radius 1 is 1.30 bits per heavy atom. The SMILES string of the molecule is Cc1c(C2CN(C(=O)c3cc(-c4ccccc4F)on3)Cc3ccsc32)cnn1C. The monoisotopic (exact) mass is 422 g/mol. The Kier molecular flexibility index (Phi) is 4.51. The second-order valence-electron chi connectivity index (χ2n) is 7.41. The molecule has 1 amide bonds. The molecule has 0 bridgehead atoms. The van der Waals surface area contributed by atoms with Gasteiger partial charge in [-0.1, -0.05) is 17.3 Å². The molecule has 0 radical (unpaired) electrons. The van der Waals surface area contributed by atoms with Gasteiger partial charge in [-0.05, 0) is 36.1 Å². The van der Waals surface area contributed by atoms with Crippen molar-refractivity contribution in [3.63, 3.8) is 0 Å². The molecular weight excluding hydrogens is 403 g/mol. The van der Waals surface area contributed by atoms with Gasteiger partial charge in [0.15, 0.2) is 11.5 Å². The second-order valence-corrected chi connectivity index (χ2v) is 8.36. The molecule has 1 aliphatic heterocycles. The molecular formula is C22H19FN4O2S. The van der Waals surface area contributed by atoms with Crippen molar-refractivity contribution in [1.82, 2.24) is 19.8 Å². The number of fused-ring (bicyclic) bond motifs is 1. The standard InChI is InChI=1S/C22H19FN4O2S/c1-13-16(10-24-26(13)2)17-12-27(11-14-7-8-30-21(14)17)22(28)19-9-20(29-25-19)15-5-3-4-6-18(15)23/h3-10,17H,11-12H2,1-2H3. The van der Waals surface area contributed by atoms with Gasteiger partial charge >= 0.3 is 0 Å². The lowest BCUT2D eigenvalue weighted by Gasteiger charge is -2.32. The number of halogens is 1. The zero-order valence-electron chi connectivity index (χ0n) is 16.5. The summed E-state index contributed by atoms with van der Waals surface area (Å²) in [5.41, 5.74) is 3.79. The van der Waals surface area contributed by atoms with E-state index in [1.54, 1.807) is 34.4 Å². The molecule has 0 saturated heterocycles. The molecule has 0 fully saturated rings. The summed E-state index contributed by atoms with van der Waals surface area (Å²) in [5.74, 6) is -0.348. The fraction of sp³-hybridized carbons (Fsp3) is 0.227. The van der Waals surface area contributed by atoms with Crippen LogP contribution >= 0.6 is 11.3 Å². The first-order valence-corrected chi connectivity index (χ1v) is 10.5. The van der Waals surface area contributed by atoms with Crippen LogP contribution in [-0.4, -0.2) is 32.3 Å². The first kappa shape index (κ1) is 18.7. The van der Waals surface area contributed by atoms with Crippen LogP contribution in [0.25, 0.3) is 11.3 Å². The number of carbonyl (C=O) groups is 1. The van der Waals surface area contributed by atoms with Gasteiger partial charge in [0.2, 0.25) is 0 Å². The molecule has 152 valence electrons. The first-order chi connectivity index (χ1) is 14.5. The molecule has 1 aromatic carbocycles. The predicted molar refractivity (Wildman–Crippen MR) is 111 cm³/mol. The van der Waals surface area contributed by atoms with Crippen LogP contribution in [0.4, 0.5) is 4.39 Å². The minimum absolute atomic E-state index is 0.0596. The summed E-state index contributed by atoms with van der Waals surface area (Å²) < 4.78 is 21.2. The van der Waals surface area contributed by atoms with E-state index in [0.29, 0.717) is 13.1 Å². The van der Waals surface area contributed by atoms with Crippen molar-refractivity contribution in [3.05, 3.63) is 81.2 Å². The Labute approximate surface area is 176 Å². The molecule has 1 aliphatic rings. The lowest BCUT2D eigenvalue weighted by Crippen LogP contribution is -2.38. The number of carbonyl (C=O) groups excluding carboxylic acids is 1. The average Bonchev–Trinajstić information content (AvgIpc) is 3.48. The van der Waals surface area contributed by atoms with Gasteiger partial charge in [-0.25, -0.2) is 4.39 Å². The van der Waals surface area contributed by atoms with E-state index < -0.39 is 5.82 Å². The van der Waals surface area contributed by atoms with Crippen molar-refractivity contribution in [2.75, 3.05) is 6.54 Å². The van der Waals surface area contributed by atoms with Gasteiger partial charge < -0.3 is 9.42 Å². The van der Waals surface area contributed by atoms with Crippen LogP contribution in [0.1, 0.15) is 38.1 Å². The quantitative estimate of drug-likeness (QED) is 0.492. The molecule has 5 rings (SSSR count). The van der Waals surface area contributed by atoms with Crippen molar-refractivity contribution in [2.45, 2.75) is 19.4 Å². The van der Waals surface area contributed by atoms with Crippen LogP contribution in [0.15, 0.2) is 52.5 Å². The van der Waals surface area contributed by atoms with Gasteiger partial charge in [-0.3, -0.25) is 9.48 Å². The van der Waals surface area contributed by atoms with E-state index in [0.717, 1.165) is 16.8 Å². The van der Waals surface area contributed by atoms with Crippen molar-refractivity contribution < 1.29 is 13.7 Å². The molecule has 0 spiro atoms. The van der Waals surface area contributed by atoms with E-state index >= 15 is 0 Å². The molecule has 0 N–H and O–H groups in total. The van der Waals surface area contributed by atoms with Crippen LogP contribution in [0.5, 0.6) is 0 Å². The number of thiophene rings is 1. The largest absolute Gasteiger partial charge is 0.355 e.